The zero-order chi connectivity index (χ0) is 15.2. The lowest BCUT2D eigenvalue weighted by molar-refractivity contribution is 0.0948. The standard InChI is InChI=1S/C17H17BrFNO/c1-12(13-6-3-2-4-7-13)10-11-20-17(21)14-8-5-9-15(18)16(14)19/h2-9,12H,10-11H2,1H3,(H,20,21). The van der Waals surface area contributed by atoms with Crippen molar-refractivity contribution in [1.82, 2.24) is 5.32 Å². The van der Waals surface area contributed by atoms with Crippen molar-refractivity contribution in [2.24, 2.45) is 0 Å². The van der Waals surface area contributed by atoms with Crippen molar-refractivity contribution >= 4 is 21.8 Å². The van der Waals surface area contributed by atoms with E-state index in [0.29, 0.717) is 16.9 Å². The second-order valence-corrected chi connectivity index (χ2v) is 5.81. The number of halogens is 2. The highest BCUT2D eigenvalue weighted by molar-refractivity contribution is 9.10. The van der Waals surface area contributed by atoms with Crippen molar-refractivity contribution in [3.8, 4) is 0 Å². The lowest BCUT2D eigenvalue weighted by atomic mass is 9.98. The molecule has 1 unspecified atom stereocenters. The van der Waals surface area contributed by atoms with Gasteiger partial charge in [-0.15, -0.1) is 0 Å². The van der Waals surface area contributed by atoms with Crippen molar-refractivity contribution in [2.75, 3.05) is 6.54 Å². The summed E-state index contributed by atoms with van der Waals surface area (Å²) in [6, 6.07) is 14.8. The van der Waals surface area contributed by atoms with Gasteiger partial charge in [0.25, 0.3) is 5.91 Å². The molecule has 4 heteroatoms. The minimum atomic E-state index is -0.522. The first-order valence-corrected chi connectivity index (χ1v) is 7.66. The molecule has 2 aromatic rings. The maximum Gasteiger partial charge on any atom is 0.254 e. The van der Waals surface area contributed by atoms with Gasteiger partial charge in [-0.2, -0.15) is 0 Å². The fourth-order valence-electron chi connectivity index (χ4n) is 2.12. The van der Waals surface area contributed by atoms with Crippen molar-refractivity contribution < 1.29 is 9.18 Å². The highest BCUT2D eigenvalue weighted by atomic mass is 79.9. The molecule has 0 aliphatic rings. The van der Waals surface area contributed by atoms with E-state index >= 15 is 0 Å². The first-order valence-electron chi connectivity index (χ1n) is 6.86. The predicted molar refractivity (Wildman–Crippen MR) is 85.9 cm³/mol. The largest absolute Gasteiger partial charge is 0.352 e. The van der Waals surface area contributed by atoms with E-state index in [2.05, 4.69) is 40.3 Å². The lowest BCUT2D eigenvalue weighted by Gasteiger charge is -2.12. The molecular formula is C17H17BrFNO. The maximum absolute atomic E-state index is 13.8. The van der Waals surface area contributed by atoms with Gasteiger partial charge >= 0.3 is 0 Å². The smallest absolute Gasteiger partial charge is 0.254 e. The normalized spacial score (nSPS) is 12.0. The van der Waals surface area contributed by atoms with E-state index in [1.807, 2.05) is 18.2 Å². The number of carbonyl (C=O) groups is 1. The summed E-state index contributed by atoms with van der Waals surface area (Å²) in [5.74, 6) is -0.556. The number of amides is 1. The molecule has 1 amide bonds. The van der Waals surface area contributed by atoms with Crippen molar-refractivity contribution in [1.29, 1.82) is 0 Å². The number of nitrogens with one attached hydrogen (secondary N) is 1. The molecule has 0 saturated heterocycles. The topological polar surface area (TPSA) is 29.1 Å². The third kappa shape index (κ3) is 4.14. The van der Waals surface area contributed by atoms with Gasteiger partial charge in [0, 0.05) is 6.54 Å². The molecule has 0 fully saturated rings. The van der Waals surface area contributed by atoms with Crippen LogP contribution < -0.4 is 5.32 Å². The quantitative estimate of drug-likeness (QED) is 0.845. The van der Waals surface area contributed by atoms with Crippen molar-refractivity contribution in [3.63, 3.8) is 0 Å². The van der Waals surface area contributed by atoms with Gasteiger partial charge in [0.2, 0.25) is 0 Å². The van der Waals surface area contributed by atoms with Gasteiger partial charge in [-0.25, -0.2) is 4.39 Å². The third-order valence-corrected chi connectivity index (χ3v) is 4.04. The summed E-state index contributed by atoms with van der Waals surface area (Å²) in [6.45, 7) is 2.63. The summed E-state index contributed by atoms with van der Waals surface area (Å²) in [4.78, 5) is 12.0. The second-order valence-electron chi connectivity index (χ2n) is 4.96. The number of hydrogen-bond donors (Lipinski definition) is 1. The summed E-state index contributed by atoms with van der Waals surface area (Å²) < 4.78 is 14.1. The Kier molecular flexibility index (Phi) is 5.51. The molecule has 0 aliphatic heterocycles. The Morgan fingerprint density at radius 2 is 1.90 bits per heavy atom. The highest BCUT2D eigenvalue weighted by Gasteiger charge is 2.13. The van der Waals surface area contributed by atoms with Crippen LogP contribution in [0.15, 0.2) is 53.0 Å². The fraction of sp³-hybridized carbons (Fsp3) is 0.235. The molecule has 0 heterocycles. The molecule has 2 nitrogen and oxygen atoms in total. The van der Waals surface area contributed by atoms with E-state index in [1.54, 1.807) is 12.1 Å². The molecule has 21 heavy (non-hydrogen) atoms. The Bertz CT molecular complexity index is 615. The SMILES string of the molecule is CC(CCNC(=O)c1cccc(Br)c1F)c1ccccc1. The Morgan fingerprint density at radius 1 is 1.19 bits per heavy atom. The van der Waals surface area contributed by atoms with Crippen LogP contribution in [0.2, 0.25) is 0 Å². The Morgan fingerprint density at radius 3 is 2.62 bits per heavy atom. The summed E-state index contributed by atoms with van der Waals surface area (Å²) in [5, 5.41) is 2.77. The summed E-state index contributed by atoms with van der Waals surface area (Å²) >= 11 is 3.08. The number of hydrogen-bond acceptors (Lipinski definition) is 1. The maximum atomic E-state index is 13.8. The number of carbonyl (C=O) groups excluding carboxylic acids is 1. The second kappa shape index (κ2) is 7.36. The Labute approximate surface area is 132 Å². The molecule has 0 radical (unpaired) electrons. The lowest BCUT2D eigenvalue weighted by Crippen LogP contribution is -2.26. The Balaban J connectivity index is 1.89. The van der Waals surface area contributed by atoms with Gasteiger partial charge < -0.3 is 5.32 Å². The predicted octanol–water partition coefficient (Wildman–Crippen LogP) is 4.51. The molecule has 2 rings (SSSR count). The Hall–Kier alpha value is -1.68. The molecule has 1 atom stereocenters. The van der Waals surface area contributed by atoms with Gasteiger partial charge in [0.15, 0.2) is 0 Å². The third-order valence-electron chi connectivity index (χ3n) is 3.43. The van der Waals surface area contributed by atoms with Crippen LogP contribution in [0.1, 0.15) is 35.2 Å². The molecule has 2 aromatic carbocycles. The van der Waals surface area contributed by atoms with Crippen LogP contribution in [-0.4, -0.2) is 12.5 Å². The molecule has 0 aliphatic carbocycles. The van der Waals surface area contributed by atoms with Gasteiger partial charge in [-0.1, -0.05) is 43.3 Å². The minimum Gasteiger partial charge on any atom is -0.352 e. The van der Waals surface area contributed by atoms with Crippen molar-refractivity contribution in [2.45, 2.75) is 19.3 Å². The average molecular weight is 350 g/mol. The minimum absolute atomic E-state index is 0.0664. The van der Waals surface area contributed by atoms with E-state index in [4.69, 9.17) is 0 Å². The van der Waals surface area contributed by atoms with Gasteiger partial charge in [0.05, 0.1) is 10.0 Å². The number of rotatable bonds is 5. The van der Waals surface area contributed by atoms with E-state index in [9.17, 15) is 9.18 Å². The van der Waals surface area contributed by atoms with Crippen LogP contribution in [-0.2, 0) is 0 Å². The van der Waals surface area contributed by atoms with Gasteiger partial charge in [0.1, 0.15) is 5.82 Å². The van der Waals surface area contributed by atoms with Crippen LogP contribution >= 0.6 is 15.9 Å². The van der Waals surface area contributed by atoms with Gasteiger partial charge in [-0.05, 0) is 46.0 Å². The molecule has 0 saturated carbocycles. The molecule has 110 valence electrons. The molecule has 1 N–H and O–H groups in total. The molecule has 0 aromatic heterocycles. The zero-order valence-electron chi connectivity index (χ0n) is 11.8. The van der Waals surface area contributed by atoms with Crippen LogP contribution in [0.25, 0.3) is 0 Å². The van der Waals surface area contributed by atoms with Crippen LogP contribution in [0.5, 0.6) is 0 Å². The molecular weight excluding hydrogens is 333 g/mol. The van der Waals surface area contributed by atoms with Crippen LogP contribution in [0.4, 0.5) is 4.39 Å². The van der Waals surface area contributed by atoms with Crippen molar-refractivity contribution in [3.05, 3.63) is 69.9 Å². The van der Waals surface area contributed by atoms with E-state index in [1.165, 1.54) is 11.6 Å². The molecule has 0 spiro atoms. The van der Waals surface area contributed by atoms with E-state index in [-0.39, 0.29) is 11.5 Å². The average Bonchev–Trinajstić information content (AvgIpc) is 2.50. The monoisotopic (exact) mass is 349 g/mol. The van der Waals surface area contributed by atoms with E-state index < -0.39 is 5.82 Å². The fourth-order valence-corrected chi connectivity index (χ4v) is 2.49. The number of benzene rings is 2. The van der Waals surface area contributed by atoms with Gasteiger partial charge in [-0.3, -0.25) is 4.79 Å². The highest BCUT2D eigenvalue weighted by Crippen LogP contribution is 2.19. The van der Waals surface area contributed by atoms with E-state index in [0.717, 1.165) is 6.42 Å². The summed E-state index contributed by atoms with van der Waals surface area (Å²) in [5.41, 5.74) is 1.30. The summed E-state index contributed by atoms with van der Waals surface area (Å²) in [6.07, 6.45) is 0.811. The summed E-state index contributed by atoms with van der Waals surface area (Å²) in [7, 11) is 0. The molecule has 0 bridgehead atoms. The zero-order valence-corrected chi connectivity index (χ0v) is 13.4. The first-order chi connectivity index (χ1) is 10.1. The van der Waals surface area contributed by atoms with Crippen LogP contribution in [0.3, 0.4) is 0 Å². The van der Waals surface area contributed by atoms with Crippen LogP contribution in [0, 0.1) is 5.82 Å². The first kappa shape index (κ1) is 15.7.